The van der Waals surface area contributed by atoms with Gasteiger partial charge in [0.2, 0.25) is 0 Å². The minimum Gasteiger partial charge on any atom is -0.307 e. The van der Waals surface area contributed by atoms with Crippen molar-refractivity contribution < 1.29 is 22.2 Å². The zero-order valence-corrected chi connectivity index (χ0v) is 21.8. The average Bonchev–Trinajstić information content (AvgIpc) is 3.49. The third-order valence-electron chi connectivity index (χ3n) is 7.95. The van der Waals surface area contributed by atoms with Crippen molar-refractivity contribution in [1.82, 2.24) is 4.72 Å². The highest BCUT2D eigenvalue weighted by Gasteiger charge is 2.53. The predicted octanol–water partition coefficient (Wildman–Crippen LogP) is 6.45. The minimum absolute atomic E-state index is 0.210. The largest absolute Gasteiger partial charge is 0.393 e. The van der Waals surface area contributed by atoms with Crippen molar-refractivity contribution in [2.45, 2.75) is 87.7 Å². The van der Waals surface area contributed by atoms with Crippen LogP contribution in [0.25, 0.3) is 0 Å². The molecule has 0 saturated heterocycles. The Balaban J connectivity index is 1.47. The summed E-state index contributed by atoms with van der Waals surface area (Å²) in [6.45, 7) is 6.23. The first-order valence-electron chi connectivity index (χ1n) is 12.6. The van der Waals surface area contributed by atoms with Crippen molar-refractivity contribution in [2.75, 3.05) is 11.4 Å². The van der Waals surface area contributed by atoms with Crippen LogP contribution in [0.3, 0.4) is 0 Å². The van der Waals surface area contributed by atoms with Crippen molar-refractivity contribution in [3.05, 3.63) is 59.2 Å². The lowest BCUT2D eigenvalue weighted by Gasteiger charge is -2.38. The van der Waals surface area contributed by atoms with E-state index in [9.17, 15) is 22.2 Å². The number of anilines is 1. The standard InChI is InChI=1S/C28H33F3N2O2S/c1-25(2,3)32-36(35)21-6-4-5-20(16-21)24(34)33-18-27(13-11-26(9-10-26)12-14-27)22-15-19(7-8-23(22)33)17-28(29,30)31/h4-8,15-16,32H,9-14,17-18H2,1-3H3. The number of carbonyl (C=O) groups is 1. The molecule has 36 heavy (non-hydrogen) atoms. The van der Waals surface area contributed by atoms with E-state index < -0.39 is 23.6 Å². The number of amides is 1. The van der Waals surface area contributed by atoms with Gasteiger partial charge in [0.1, 0.15) is 11.0 Å². The number of carbonyl (C=O) groups excluding carboxylic acids is 1. The maximum absolute atomic E-state index is 13.8. The minimum atomic E-state index is -4.28. The maximum Gasteiger partial charge on any atom is 0.393 e. The van der Waals surface area contributed by atoms with Gasteiger partial charge in [0.15, 0.2) is 0 Å². The summed E-state index contributed by atoms with van der Waals surface area (Å²) in [4.78, 5) is 16.0. The molecule has 8 heteroatoms. The van der Waals surface area contributed by atoms with E-state index in [1.165, 1.54) is 18.9 Å². The van der Waals surface area contributed by atoms with Crippen LogP contribution < -0.4 is 9.62 Å². The Morgan fingerprint density at radius 1 is 1.00 bits per heavy atom. The fraction of sp³-hybridized carbons (Fsp3) is 0.536. The van der Waals surface area contributed by atoms with Gasteiger partial charge in [-0.05, 0) is 100 Å². The molecule has 1 unspecified atom stereocenters. The van der Waals surface area contributed by atoms with E-state index in [0.29, 0.717) is 28.1 Å². The molecule has 1 N–H and O–H groups in total. The maximum atomic E-state index is 13.8. The highest BCUT2D eigenvalue weighted by molar-refractivity contribution is 7.83. The second-order valence-electron chi connectivity index (χ2n) is 12.0. The third-order valence-corrected chi connectivity index (χ3v) is 9.43. The highest BCUT2D eigenvalue weighted by Crippen LogP contribution is 2.62. The summed E-state index contributed by atoms with van der Waals surface area (Å²) in [5.74, 6) is -0.210. The average molecular weight is 519 g/mol. The molecule has 2 aliphatic carbocycles. The molecule has 0 aromatic heterocycles. The van der Waals surface area contributed by atoms with E-state index in [1.807, 2.05) is 20.8 Å². The Labute approximate surface area is 213 Å². The van der Waals surface area contributed by atoms with Crippen LogP contribution in [-0.4, -0.2) is 28.4 Å². The van der Waals surface area contributed by atoms with Gasteiger partial charge in [0.25, 0.3) is 5.91 Å². The van der Waals surface area contributed by atoms with Crippen LogP contribution >= 0.6 is 0 Å². The first kappa shape index (κ1) is 25.5. The summed E-state index contributed by atoms with van der Waals surface area (Å²) >= 11 is 0. The molecule has 5 rings (SSSR count). The first-order valence-corrected chi connectivity index (χ1v) is 13.8. The second kappa shape index (κ2) is 8.69. The summed E-state index contributed by atoms with van der Waals surface area (Å²) in [7, 11) is -1.48. The van der Waals surface area contributed by atoms with E-state index >= 15 is 0 Å². The van der Waals surface area contributed by atoms with Crippen LogP contribution in [0.15, 0.2) is 47.4 Å². The normalized spacial score (nSPS) is 21.0. The molecule has 0 radical (unpaired) electrons. The van der Waals surface area contributed by atoms with Crippen LogP contribution in [0.4, 0.5) is 18.9 Å². The van der Waals surface area contributed by atoms with Crippen molar-refractivity contribution in [3.63, 3.8) is 0 Å². The molecule has 1 aliphatic heterocycles. The van der Waals surface area contributed by atoms with Gasteiger partial charge >= 0.3 is 6.18 Å². The van der Waals surface area contributed by atoms with Crippen molar-refractivity contribution in [3.8, 4) is 0 Å². The van der Waals surface area contributed by atoms with Crippen LogP contribution in [0.2, 0.25) is 0 Å². The summed E-state index contributed by atoms with van der Waals surface area (Å²) in [6, 6.07) is 11.7. The Bertz CT molecular complexity index is 1200. The van der Waals surface area contributed by atoms with Crippen LogP contribution in [0, 0.1) is 5.41 Å². The topological polar surface area (TPSA) is 49.4 Å². The number of hydrogen-bond acceptors (Lipinski definition) is 2. The number of alkyl halides is 3. The molecule has 3 aliphatic rings. The fourth-order valence-corrected chi connectivity index (χ4v) is 6.95. The van der Waals surface area contributed by atoms with E-state index in [1.54, 1.807) is 41.3 Å². The van der Waals surface area contributed by atoms with Gasteiger partial charge in [-0.25, -0.2) is 8.93 Å². The number of nitrogens with one attached hydrogen (secondary N) is 1. The number of hydrogen-bond donors (Lipinski definition) is 1. The molecular formula is C28H33F3N2O2S. The van der Waals surface area contributed by atoms with Gasteiger partial charge in [-0.3, -0.25) is 4.79 Å². The summed E-state index contributed by atoms with van der Waals surface area (Å²) in [6.07, 6.45) is 1.12. The van der Waals surface area contributed by atoms with Crippen molar-refractivity contribution >= 4 is 22.6 Å². The molecule has 2 saturated carbocycles. The zero-order valence-electron chi connectivity index (χ0n) is 21.0. The Kier molecular flexibility index (Phi) is 6.15. The molecule has 2 aromatic rings. The van der Waals surface area contributed by atoms with Gasteiger partial charge in [0, 0.05) is 28.7 Å². The highest BCUT2D eigenvalue weighted by atomic mass is 32.2. The van der Waals surface area contributed by atoms with Crippen LogP contribution in [0.1, 0.15) is 80.8 Å². The number of fused-ring (bicyclic) bond motifs is 2. The van der Waals surface area contributed by atoms with E-state index in [2.05, 4.69) is 4.72 Å². The van der Waals surface area contributed by atoms with E-state index in [0.717, 1.165) is 31.2 Å². The van der Waals surface area contributed by atoms with Crippen molar-refractivity contribution in [2.24, 2.45) is 5.41 Å². The Morgan fingerprint density at radius 3 is 2.28 bits per heavy atom. The smallest absolute Gasteiger partial charge is 0.307 e. The molecule has 194 valence electrons. The Morgan fingerprint density at radius 2 is 1.67 bits per heavy atom. The number of halogens is 3. The fourth-order valence-electron chi connectivity index (χ4n) is 5.84. The molecule has 2 aromatic carbocycles. The molecule has 2 spiro atoms. The molecule has 2 fully saturated rings. The SMILES string of the molecule is CC(C)(C)NS(=O)c1cccc(C(=O)N2CC3(CCC4(CC4)CC3)c3cc(CC(F)(F)F)ccc32)c1. The Hall–Kier alpha value is -2.19. The molecule has 1 amide bonds. The quantitative estimate of drug-likeness (QED) is 0.505. The number of nitrogens with zero attached hydrogens (tertiary/aromatic N) is 1. The summed E-state index contributed by atoms with van der Waals surface area (Å²) in [5.41, 5.74) is 2.00. The van der Waals surface area contributed by atoms with E-state index in [4.69, 9.17) is 0 Å². The molecule has 1 atom stereocenters. The predicted molar refractivity (Wildman–Crippen MR) is 135 cm³/mol. The summed E-state index contributed by atoms with van der Waals surface area (Å²) < 4.78 is 55.3. The van der Waals surface area contributed by atoms with Gasteiger partial charge in [-0.2, -0.15) is 13.2 Å². The lowest BCUT2D eigenvalue weighted by atomic mass is 9.66. The van der Waals surface area contributed by atoms with Gasteiger partial charge in [-0.1, -0.05) is 18.2 Å². The lowest BCUT2D eigenvalue weighted by molar-refractivity contribution is -0.127. The molecular weight excluding hydrogens is 485 g/mol. The van der Waals surface area contributed by atoms with Crippen LogP contribution in [0.5, 0.6) is 0 Å². The molecule has 0 bridgehead atoms. The van der Waals surface area contributed by atoms with Gasteiger partial charge < -0.3 is 4.90 Å². The first-order chi connectivity index (χ1) is 16.8. The number of benzene rings is 2. The number of rotatable bonds is 4. The summed E-state index contributed by atoms with van der Waals surface area (Å²) in [5, 5.41) is 0. The van der Waals surface area contributed by atoms with E-state index in [-0.39, 0.29) is 22.4 Å². The monoisotopic (exact) mass is 518 g/mol. The second-order valence-corrected chi connectivity index (χ2v) is 13.2. The van der Waals surface area contributed by atoms with Crippen LogP contribution in [-0.2, 0) is 22.8 Å². The molecule has 4 nitrogen and oxygen atoms in total. The third kappa shape index (κ3) is 5.12. The van der Waals surface area contributed by atoms with Gasteiger partial charge in [0.05, 0.1) is 11.3 Å². The zero-order chi connectivity index (χ0) is 25.9. The van der Waals surface area contributed by atoms with Gasteiger partial charge in [-0.15, -0.1) is 0 Å². The lowest BCUT2D eigenvalue weighted by Crippen LogP contribution is -2.40. The molecule has 1 heterocycles. The van der Waals surface area contributed by atoms with Crippen molar-refractivity contribution in [1.29, 1.82) is 0 Å².